The van der Waals surface area contributed by atoms with E-state index in [2.05, 4.69) is 36.4 Å². The Hall–Kier alpha value is -3.96. The van der Waals surface area contributed by atoms with Gasteiger partial charge in [-0.05, 0) is 62.1 Å². The molecule has 6 aromatic rings. The SMILES string of the molecule is O=C1/C(=C2/C(=O)N(CCCCCSc3nc4ccccc4s3)c3ccccc32)c2ccccc2N1CCCCCSc1nc2ccccc2s1. The average Bonchev–Trinajstić information content (AvgIpc) is 3.88. The Morgan fingerprint density at radius 3 is 1.38 bits per heavy atom. The van der Waals surface area contributed by atoms with E-state index in [1.54, 1.807) is 22.7 Å². The summed E-state index contributed by atoms with van der Waals surface area (Å²) in [6.07, 6.45) is 5.95. The number of hydrogen-bond donors (Lipinski definition) is 0. The lowest BCUT2D eigenvalue weighted by Crippen LogP contribution is -2.30. The first-order chi connectivity index (χ1) is 24.7. The number of carbonyl (C=O) groups is 2. The molecule has 4 aromatic carbocycles. The van der Waals surface area contributed by atoms with Gasteiger partial charge >= 0.3 is 0 Å². The van der Waals surface area contributed by atoms with Crippen molar-refractivity contribution in [1.82, 2.24) is 9.97 Å². The van der Waals surface area contributed by atoms with Gasteiger partial charge in [0.1, 0.15) is 0 Å². The van der Waals surface area contributed by atoms with Crippen LogP contribution in [-0.4, -0.2) is 46.4 Å². The molecule has 6 nitrogen and oxygen atoms in total. The molecule has 0 unspecified atom stereocenters. The van der Waals surface area contributed by atoms with Gasteiger partial charge in [0.2, 0.25) is 0 Å². The van der Waals surface area contributed by atoms with Gasteiger partial charge in [0.05, 0.1) is 43.0 Å². The fourth-order valence-corrected chi connectivity index (χ4v) is 11.0. The topological polar surface area (TPSA) is 66.4 Å². The minimum atomic E-state index is -0.0677. The third kappa shape index (κ3) is 6.74. The maximum Gasteiger partial charge on any atom is 0.259 e. The van der Waals surface area contributed by atoms with E-state index in [1.807, 2.05) is 94.0 Å². The molecule has 2 aromatic heterocycles. The van der Waals surface area contributed by atoms with Crippen LogP contribution in [0, 0.1) is 0 Å². The van der Waals surface area contributed by atoms with Crippen molar-refractivity contribution in [2.75, 3.05) is 34.4 Å². The van der Waals surface area contributed by atoms with Crippen LogP contribution >= 0.6 is 46.2 Å². The third-order valence-electron chi connectivity index (χ3n) is 9.15. The molecule has 10 heteroatoms. The van der Waals surface area contributed by atoms with E-state index in [-0.39, 0.29) is 11.8 Å². The fourth-order valence-electron chi connectivity index (χ4n) is 6.73. The molecular formula is C40H36N4O2S4. The molecule has 0 aliphatic carbocycles. The summed E-state index contributed by atoms with van der Waals surface area (Å²) in [5.41, 5.74) is 6.73. The second-order valence-electron chi connectivity index (χ2n) is 12.4. The first-order valence-corrected chi connectivity index (χ1v) is 20.8. The number of para-hydroxylation sites is 4. The Morgan fingerprint density at radius 1 is 0.500 bits per heavy atom. The average molecular weight is 733 g/mol. The zero-order chi connectivity index (χ0) is 33.9. The molecular weight excluding hydrogens is 697 g/mol. The van der Waals surface area contributed by atoms with Gasteiger partial charge in [0, 0.05) is 35.7 Å². The van der Waals surface area contributed by atoms with E-state index in [1.165, 1.54) is 9.40 Å². The minimum absolute atomic E-state index is 0.0677. The summed E-state index contributed by atoms with van der Waals surface area (Å²) in [6, 6.07) is 32.4. The standard InChI is InChI=1S/C40H36N4O2S4/c45-37-35(27-15-3-7-19-31(27)43(37)23-11-1-13-25-47-39-41-29-17-5-9-21-33(29)49-39)36-28-16-4-8-20-32(28)44(38(36)46)24-12-2-14-26-48-40-42-30-18-6-10-22-34(30)50-40/h3-10,15-22H,1-2,11-14,23-26H2/b36-35+. The summed E-state index contributed by atoms with van der Waals surface area (Å²) < 4.78 is 4.68. The van der Waals surface area contributed by atoms with Crippen LogP contribution in [0.1, 0.15) is 49.7 Å². The van der Waals surface area contributed by atoms with Crippen molar-refractivity contribution in [2.24, 2.45) is 0 Å². The van der Waals surface area contributed by atoms with Crippen molar-refractivity contribution in [3.63, 3.8) is 0 Å². The third-order valence-corrected chi connectivity index (χ3v) is 13.7. The highest BCUT2D eigenvalue weighted by Crippen LogP contribution is 2.46. The fraction of sp³-hybridized carbons (Fsp3) is 0.250. The number of hydrogen-bond acceptors (Lipinski definition) is 8. The molecule has 2 aliphatic heterocycles. The van der Waals surface area contributed by atoms with E-state index in [0.29, 0.717) is 24.2 Å². The highest BCUT2D eigenvalue weighted by molar-refractivity contribution is 8.01. The van der Waals surface area contributed by atoms with Crippen molar-refractivity contribution in [3.05, 3.63) is 108 Å². The molecule has 0 saturated carbocycles. The number of carbonyl (C=O) groups excluding carboxylic acids is 2. The number of anilines is 2. The van der Waals surface area contributed by atoms with E-state index in [9.17, 15) is 9.59 Å². The molecule has 0 bridgehead atoms. The van der Waals surface area contributed by atoms with Crippen molar-refractivity contribution in [3.8, 4) is 0 Å². The summed E-state index contributed by atoms with van der Waals surface area (Å²) in [6.45, 7) is 1.26. The number of nitrogens with zero attached hydrogens (tertiary/aromatic N) is 4. The van der Waals surface area contributed by atoms with Crippen molar-refractivity contribution < 1.29 is 9.59 Å². The lowest BCUT2D eigenvalue weighted by molar-refractivity contribution is -0.114. The van der Waals surface area contributed by atoms with Crippen LogP contribution in [0.3, 0.4) is 0 Å². The Kier molecular flexibility index (Phi) is 10.0. The van der Waals surface area contributed by atoms with Gasteiger partial charge in [-0.1, -0.05) is 97.0 Å². The number of fused-ring (bicyclic) bond motifs is 4. The molecule has 252 valence electrons. The first-order valence-electron chi connectivity index (χ1n) is 17.2. The Morgan fingerprint density at radius 2 is 0.920 bits per heavy atom. The lowest BCUT2D eigenvalue weighted by atomic mass is 9.96. The van der Waals surface area contributed by atoms with Crippen LogP contribution in [0.15, 0.2) is 106 Å². The zero-order valence-electron chi connectivity index (χ0n) is 27.5. The number of amides is 2. The Labute approximate surface area is 308 Å². The van der Waals surface area contributed by atoms with Gasteiger partial charge in [0.25, 0.3) is 11.8 Å². The van der Waals surface area contributed by atoms with Crippen LogP contribution in [0.5, 0.6) is 0 Å². The number of rotatable bonds is 14. The molecule has 0 N–H and O–H groups in total. The first kappa shape index (κ1) is 33.2. The number of unbranched alkanes of at least 4 members (excludes halogenated alkanes) is 4. The second kappa shape index (κ2) is 15.1. The molecule has 0 radical (unpaired) electrons. The van der Waals surface area contributed by atoms with Gasteiger partial charge in [0.15, 0.2) is 8.68 Å². The van der Waals surface area contributed by atoms with Crippen molar-refractivity contribution in [2.45, 2.75) is 47.2 Å². The molecule has 8 rings (SSSR count). The number of benzene rings is 4. The monoisotopic (exact) mass is 732 g/mol. The van der Waals surface area contributed by atoms with Gasteiger partial charge in [-0.25, -0.2) is 9.97 Å². The zero-order valence-corrected chi connectivity index (χ0v) is 30.8. The van der Waals surface area contributed by atoms with Gasteiger partial charge in [-0.3, -0.25) is 9.59 Å². The minimum Gasteiger partial charge on any atom is -0.308 e. The normalized spacial score (nSPS) is 15.5. The van der Waals surface area contributed by atoms with Crippen LogP contribution in [0.4, 0.5) is 11.4 Å². The maximum atomic E-state index is 14.2. The van der Waals surface area contributed by atoms with Gasteiger partial charge < -0.3 is 9.80 Å². The number of thiazole rings is 2. The smallest absolute Gasteiger partial charge is 0.259 e. The van der Waals surface area contributed by atoms with E-state index in [4.69, 9.17) is 9.97 Å². The van der Waals surface area contributed by atoms with Crippen LogP contribution in [-0.2, 0) is 9.59 Å². The van der Waals surface area contributed by atoms with Crippen LogP contribution in [0.2, 0.25) is 0 Å². The molecule has 0 fully saturated rings. The quantitative estimate of drug-likeness (QED) is 0.0631. The maximum absolute atomic E-state index is 14.2. The Balaban J connectivity index is 0.891. The second-order valence-corrected chi connectivity index (χ2v) is 17.2. The molecule has 50 heavy (non-hydrogen) atoms. The summed E-state index contributed by atoms with van der Waals surface area (Å²) in [4.78, 5) is 41.6. The Bertz CT molecular complexity index is 2000. The number of thioether (sulfide) groups is 2. The van der Waals surface area contributed by atoms with Crippen molar-refractivity contribution >= 4 is 101 Å². The summed E-state index contributed by atoms with van der Waals surface area (Å²) >= 11 is 7.12. The lowest BCUT2D eigenvalue weighted by Gasteiger charge is -2.17. The molecule has 0 spiro atoms. The molecule has 2 aliphatic rings. The predicted molar refractivity (Wildman–Crippen MR) is 213 cm³/mol. The molecule has 2 amide bonds. The summed E-state index contributed by atoms with van der Waals surface area (Å²) in [5.74, 6) is 1.87. The predicted octanol–water partition coefficient (Wildman–Crippen LogP) is 10.4. The van der Waals surface area contributed by atoms with Gasteiger partial charge in [-0.2, -0.15) is 0 Å². The van der Waals surface area contributed by atoms with E-state index >= 15 is 0 Å². The highest BCUT2D eigenvalue weighted by atomic mass is 32.2. The highest BCUT2D eigenvalue weighted by Gasteiger charge is 2.41. The number of aromatic nitrogens is 2. The largest absolute Gasteiger partial charge is 0.308 e. The van der Waals surface area contributed by atoms with E-state index in [0.717, 1.165) is 92.2 Å². The molecule has 0 saturated heterocycles. The van der Waals surface area contributed by atoms with Crippen LogP contribution in [0.25, 0.3) is 31.6 Å². The molecule has 0 atom stereocenters. The summed E-state index contributed by atoms with van der Waals surface area (Å²) in [7, 11) is 0. The van der Waals surface area contributed by atoms with Gasteiger partial charge in [-0.15, -0.1) is 22.7 Å². The van der Waals surface area contributed by atoms with Crippen molar-refractivity contribution in [1.29, 1.82) is 0 Å². The summed E-state index contributed by atoms with van der Waals surface area (Å²) in [5, 5.41) is 0. The van der Waals surface area contributed by atoms with Crippen LogP contribution < -0.4 is 9.80 Å². The van der Waals surface area contributed by atoms with E-state index < -0.39 is 0 Å². The molecule has 4 heterocycles.